The predicted molar refractivity (Wildman–Crippen MR) is 90.5 cm³/mol. The fourth-order valence-corrected chi connectivity index (χ4v) is 3.64. The SMILES string of the molecule is Cc1ccc(-c2nc(CSc3ccncc3N)cs2)cc1. The molecule has 0 aliphatic carbocycles. The van der Waals surface area contributed by atoms with E-state index in [4.69, 9.17) is 10.7 Å². The van der Waals surface area contributed by atoms with E-state index in [0.29, 0.717) is 0 Å². The molecule has 0 amide bonds. The Bertz CT molecular complexity index is 735. The van der Waals surface area contributed by atoms with Gasteiger partial charge in [-0.25, -0.2) is 4.98 Å². The van der Waals surface area contributed by atoms with E-state index in [0.717, 1.165) is 27.0 Å². The number of rotatable bonds is 4. The van der Waals surface area contributed by atoms with Gasteiger partial charge in [0.2, 0.25) is 0 Å². The highest BCUT2D eigenvalue weighted by Gasteiger charge is 2.06. The van der Waals surface area contributed by atoms with Crippen molar-refractivity contribution in [3.63, 3.8) is 0 Å². The second kappa shape index (κ2) is 6.28. The van der Waals surface area contributed by atoms with E-state index in [1.165, 1.54) is 11.1 Å². The summed E-state index contributed by atoms with van der Waals surface area (Å²) in [7, 11) is 0. The van der Waals surface area contributed by atoms with Gasteiger partial charge in [0.1, 0.15) is 5.01 Å². The van der Waals surface area contributed by atoms with Crippen LogP contribution in [0.25, 0.3) is 10.6 Å². The Hall–Kier alpha value is -1.85. The first kappa shape index (κ1) is 14.1. The van der Waals surface area contributed by atoms with Crippen molar-refractivity contribution < 1.29 is 0 Å². The number of thioether (sulfide) groups is 1. The molecule has 0 fully saturated rings. The van der Waals surface area contributed by atoms with Crippen molar-refractivity contribution in [2.24, 2.45) is 0 Å². The largest absolute Gasteiger partial charge is 0.397 e. The summed E-state index contributed by atoms with van der Waals surface area (Å²) in [5.41, 5.74) is 10.1. The normalized spacial score (nSPS) is 10.7. The van der Waals surface area contributed by atoms with E-state index in [2.05, 4.69) is 41.6 Å². The summed E-state index contributed by atoms with van der Waals surface area (Å²) in [6, 6.07) is 10.4. The maximum atomic E-state index is 5.89. The molecule has 0 aliphatic rings. The minimum absolute atomic E-state index is 0.719. The summed E-state index contributed by atoms with van der Waals surface area (Å²) >= 11 is 3.37. The molecule has 3 nitrogen and oxygen atoms in total. The van der Waals surface area contributed by atoms with E-state index in [1.54, 1.807) is 35.5 Å². The zero-order valence-corrected chi connectivity index (χ0v) is 13.2. The Labute approximate surface area is 132 Å². The van der Waals surface area contributed by atoms with Crippen LogP contribution in [0.2, 0.25) is 0 Å². The summed E-state index contributed by atoms with van der Waals surface area (Å²) in [6.45, 7) is 2.09. The average Bonchev–Trinajstić information content (AvgIpc) is 2.96. The molecule has 3 aromatic rings. The van der Waals surface area contributed by atoms with Gasteiger partial charge >= 0.3 is 0 Å². The minimum Gasteiger partial charge on any atom is -0.397 e. The number of pyridine rings is 1. The second-order valence-corrected chi connectivity index (χ2v) is 6.59. The lowest BCUT2D eigenvalue weighted by molar-refractivity contribution is 1.22. The van der Waals surface area contributed by atoms with Crippen LogP contribution in [0, 0.1) is 6.92 Å². The van der Waals surface area contributed by atoms with E-state index >= 15 is 0 Å². The molecule has 2 heterocycles. The maximum Gasteiger partial charge on any atom is 0.123 e. The maximum absolute atomic E-state index is 5.89. The highest BCUT2D eigenvalue weighted by molar-refractivity contribution is 7.98. The van der Waals surface area contributed by atoms with Gasteiger partial charge in [0.25, 0.3) is 0 Å². The molecule has 0 saturated heterocycles. The van der Waals surface area contributed by atoms with Crippen molar-refractivity contribution in [1.29, 1.82) is 0 Å². The number of thiazole rings is 1. The Kier molecular flexibility index (Phi) is 4.22. The highest BCUT2D eigenvalue weighted by atomic mass is 32.2. The van der Waals surface area contributed by atoms with Crippen molar-refractivity contribution in [1.82, 2.24) is 9.97 Å². The smallest absolute Gasteiger partial charge is 0.123 e. The van der Waals surface area contributed by atoms with Crippen LogP contribution in [-0.2, 0) is 5.75 Å². The number of nitrogens with zero attached hydrogens (tertiary/aromatic N) is 2. The molecule has 2 N–H and O–H groups in total. The number of anilines is 1. The molecule has 3 rings (SSSR count). The zero-order chi connectivity index (χ0) is 14.7. The van der Waals surface area contributed by atoms with Crippen LogP contribution in [0.3, 0.4) is 0 Å². The topological polar surface area (TPSA) is 51.8 Å². The molecule has 5 heteroatoms. The summed E-state index contributed by atoms with van der Waals surface area (Å²) in [5, 5.41) is 3.17. The Morgan fingerprint density at radius 3 is 2.76 bits per heavy atom. The summed E-state index contributed by atoms with van der Waals surface area (Å²) in [5.74, 6) is 0.816. The van der Waals surface area contributed by atoms with Crippen LogP contribution >= 0.6 is 23.1 Å². The monoisotopic (exact) mass is 313 g/mol. The summed E-state index contributed by atoms with van der Waals surface area (Å²) in [4.78, 5) is 9.75. The van der Waals surface area contributed by atoms with Crippen molar-refractivity contribution >= 4 is 28.8 Å². The third-order valence-corrected chi connectivity index (χ3v) is 5.10. The van der Waals surface area contributed by atoms with Gasteiger partial charge in [-0.15, -0.1) is 23.1 Å². The number of benzene rings is 1. The lowest BCUT2D eigenvalue weighted by Gasteiger charge is -2.02. The first-order valence-electron chi connectivity index (χ1n) is 6.56. The molecule has 1 aromatic carbocycles. The van der Waals surface area contributed by atoms with Gasteiger partial charge in [-0.2, -0.15) is 0 Å². The molecular formula is C16H15N3S2. The summed E-state index contributed by atoms with van der Waals surface area (Å²) in [6.07, 6.45) is 3.44. The molecule has 21 heavy (non-hydrogen) atoms. The van der Waals surface area contributed by atoms with Gasteiger partial charge in [-0.1, -0.05) is 29.8 Å². The second-order valence-electron chi connectivity index (χ2n) is 4.71. The molecule has 0 radical (unpaired) electrons. The van der Waals surface area contributed by atoms with Crippen LogP contribution < -0.4 is 5.73 Å². The van der Waals surface area contributed by atoms with E-state index in [-0.39, 0.29) is 0 Å². The van der Waals surface area contributed by atoms with Crippen molar-refractivity contribution in [3.8, 4) is 10.6 Å². The molecule has 2 aromatic heterocycles. The van der Waals surface area contributed by atoms with Crippen molar-refractivity contribution in [2.75, 3.05) is 5.73 Å². The molecule has 0 aliphatic heterocycles. The lowest BCUT2D eigenvalue weighted by Crippen LogP contribution is -1.90. The molecule has 0 saturated carbocycles. The fourth-order valence-electron chi connectivity index (χ4n) is 1.88. The Balaban J connectivity index is 1.71. The molecular weight excluding hydrogens is 298 g/mol. The molecule has 0 bridgehead atoms. The van der Waals surface area contributed by atoms with Crippen LogP contribution in [0.5, 0.6) is 0 Å². The van der Waals surface area contributed by atoms with E-state index in [9.17, 15) is 0 Å². The van der Waals surface area contributed by atoms with Crippen LogP contribution in [0.4, 0.5) is 5.69 Å². The third kappa shape index (κ3) is 3.43. The van der Waals surface area contributed by atoms with Gasteiger partial charge in [-0.05, 0) is 13.0 Å². The van der Waals surface area contributed by atoms with E-state index in [1.807, 2.05) is 6.07 Å². The standard InChI is InChI=1S/C16H15N3S2/c1-11-2-4-12(5-3-11)16-19-13(10-21-16)9-20-15-6-7-18-8-14(15)17/h2-8,10H,9,17H2,1H3. The average molecular weight is 313 g/mol. The lowest BCUT2D eigenvalue weighted by atomic mass is 10.2. The number of nitrogens with two attached hydrogens (primary N) is 1. The number of hydrogen-bond acceptors (Lipinski definition) is 5. The molecule has 106 valence electrons. The van der Waals surface area contributed by atoms with Gasteiger partial charge in [0.15, 0.2) is 0 Å². The number of nitrogen functional groups attached to an aromatic ring is 1. The molecule has 0 spiro atoms. The fraction of sp³-hybridized carbons (Fsp3) is 0.125. The Morgan fingerprint density at radius 2 is 2.00 bits per heavy atom. The zero-order valence-electron chi connectivity index (χ0n) is 11.6. The number of aryl methyl sites for hydroxylation is 1. The predicted octanol–water partition coefficient (Wildman–Crippen LogP) is 4.39. The van der Waals surface area contributed by atoms with E-state index < -0.39 is 0 Å². The first-order valence-corrected chi connectivity index (χ1v) is 8.42. The summed E-state index contributed by atoms with van der Waals surface area (Å²) < 4.78 is 0. The van der Waals surface area contributed by atoms with Crippen LogP contribution in [-0.4, -0.2) is 9.97 Å². The number of aromatic nitrogens is 2. The molecule has 0 unspecified atom stereocenters. The van der Waals surface area contributed by atoms with Crippen molar-refractivity contribution in [3.05, 3.63) is 59.4 Å². The third-order valence-electron chi connectivity index (χ3n) is 3.04. The van der Waals surface area contributed by atoms with Gasteiger partial charge in [0.05, 0.1) is 17.6 Å². The minimum atomic E-state index is 0.719. The van der Waals surface area contributed by atoms with Crippen LogP contribution in [0.15, 0.2) is 53.0 Å². The highest BCUT2D eigenvalue weighted by Crippen LogP contribution is 2.30. The Morgan fingerprint density at radius 1 is 1.19 bits per heavy atom. The van der Waals surface area contributed by atoms with Gasteiger partial charge in [0, 0.05) is 27.8 Å². The van der Waals surface area contributed by atoms with Crippen LogP contribution in [0.1, 0.15) is 11.3 Å². The van der Waals surface area contributed by atoms with Gasteiger partial charge in [-0.3, -0.25) is 4.98 Å². The molecule has 0 atom stereocenters. The van der Waals surface area contributed by atoms with Gasteiger partial charge < -0.3 is 5.73 Å². The van der Waals surface area contributed by atoms with Crippen molar-refractivity contribution in [2.45, 2.75) is 17.6 Å². The quantitative estimate of drug-likeness (QED) is 0.726. The first-order chi connectivity index (χ1) is 10.2. The number of hydrogen-bond donors (Lipinski definition) is 1.